The van der Waals surface area contributed by atoms with Gasteiger partial charge >= 0.3 is 6.18 Å². The summed E-state index contributed by atoms with van der Waals surface area (Å²) in [5.74, 6) is -0.940. The molecule has 0 spiro atoms. The van der Waals surface area contributed by atoms with Crippen LogP contribution in [0.25, 0.3) is 11.5 Å². The Morgan fingerprint density at radius 1 is 1.21 bits per heavy atom. The van der Waals surface area contributed by atoms with Gasteiger partial charge in [-0.3, -0.25) is 4.79 Å². The van der Waals surface area contributed by atoms with Crippen molar-refractivity contribution in [2.45, 2.75) is 58.0 Å². The van der Waals surface area contributed by atoms with Crippen molar-refractivity contribution in [3.05, 3.63) is 63.8 Å². The molecule has 1 aromatic carbocycles. The number of aromatic nitrogens is 4. The fraction of sp³-hybridized carbons (Fsp3) is 0.440. The molecular weight excluding hydrogens is 542 g/mol. The number of rotatable bonds is 7. The summed E-state index contributed by atoms with van der Waals surface area (Å²) in [7, 11) is -1.32. The third-order valence-electron chi connectivity index (χ3n) is 6.39. The first kappa shape index (κ1) is 28.2. The summed E-state index contributed by atoms with van der Waals surface area (Å²) >= 11 is 6.03. The molecule has 1 aliphatic heterocycles. The van der Waals surface area contributed by atoms with Gasteiger partial charge in [-0.1, -0.05) is 37.3 Å². The van der Waals surface area contributed by atoms with E-state index in [0.29, 0.717) is 24.4 Å². The highest BCUT2D eigenvalue weighted by atomic mass is 35.5. The lowest BCUT2D eigenvalue weighted by Crippen LogP contribution is -2.39. The maximum Gasteiger partial charge on any atom is 0.417 e. The van der Waals surface area contributed by atoms with E-state index in [4.69, 9.17) is 21.4 Å². The van der Waals surface area contributed by atoms with Crippen LogP contribution in [0.1, 0.15) is 40.1 Å². The van der Waals surface area contributed by atoms with Gasteiger partial charge in [0.2, 0.25) is 0 Å². The number of benzene rings is 1. The Hall–Kier alpha value is -2.83. The van der Waals surface area contributed by atoms with E-state index in [1.165, 1.54) is 17.0 Å². The number of hydrogen-bond acceptors (Lipinski definition) is 5. The molecule has 7 nitrogen and oxygen atoms in total. The van der Waals surface area contributed by atoms with E-state index < -0.39 is 42.6 Å². The quantitative estimate of drug-likeness (QED) is 0.192. The summed E-state index contributed by atoms with van der Waals surface area (Å²) in [5, 5.41) is 4.06. The van der Waals surface area contributed by atoms with Gasteiger partial charge in [0.05, 0.1) is 40.3 Å². The van der Waals surface area contributed by atoms with Crippen LogP contribution in [0.2, 0.25) is 30.7 Å². The molecule has 0 saturated carbocycles. The lowest BCUT2D eigenvalue weighted by molar-refractivity contribution is -0.137. The van der Waals surface area contributed by atoms with Crippen LogP contribution in [0.5, 0.6) is 0 Å². The standard InChI is InChI=1S/C25H28ClF4N5O2Si/c1-15-21-18(8-9-34(15)24(36)17-6-5-7-19(20(17)26)25(28,29)30)22(23-31-12-16(27)13-32-23)35(33-21)14-37-10-11-38(2,3)4/h5-7,12-13,15H,8-11,14H2,1-4H3. The van der Waals surface area contributed by atoms with Gasteiger partial charge in [0.25, 0.3) is 5.91 Å². The zero-order valence-corrected chi connectivity index (χ0v) is 23.2. The molecule has 0 bridgehead atoms. The molecule has 1 atom stereocenters. The van der Waals surface area contributed by atoms with Gasteiger partial charge in [-0.05, 0) is 31.5 Å². The van der Waals surface area contributed by atoms with Crippen LogP contribution in [-0.2, 0) is 24.1 Å². The maximum absolute atomic E-state index is 13.5. The molecular formula is C25H28ClF4N5O2Si. The van der Waals surface area contributed by atoms with Gasteiger partial charge in [0, 0.05) is 26.8 Å². The molecule has 1 aliphatic rings. The van der Waals surface area contributed by atoms with E-state index >= 15 is 0 Å². The molecule has 0 saturated heterocycles. The predicted molar refractivity (Wildman–Crippen MR) is 137 cm³/mol. The summed E-state index contributed by atoms with van der Waals surface area (Å²) in [6, 6.07) is 3.66. The van der Waals surface area contributed by atoms with Crippen molar-refractivity contribution in [2.75, 3.05) is 13.2 Å². The summed E-state index contributed by atoms with van der Waals surface area (Å²) in [4.78, 5) is 23.1. The van der Waals surface area contributed by atoms with Crippen molar-refractivity contribution in [1.82, 2.24) is 24.6 Å². The van der Waals surface area contributed by atoms with Crippen molar-refractivity contribution in [1.29, 1.82) is 0 Å². The van der Waals surface area contributed by atoms with Gasteiger partial charge in [-0.2, -0.15) is 18.3 Å². The second kappa shape index (κ2) is 10.7. The number of nitrogens with zero attached hydrogens (tertiary/aromatic N) is 5. The molecule has 2 aromatic heterocycles. The monoisotopic (exact) mass is 569 g/mol. The first-order chi connectivity index (χ1) is 17.8. The van der Waals surface area contributed by atoms with Crippen LogP contribution in [0, 0.1) is 5.82 Å². The van der Waals surface area contributed by atoms with Crippen LogP contribution in [0.3, 0.4) is 0 Å². The molecule has 0 N–H and O–H groups in total. The van der Waals surface area contributed by atoms with Crippen molar-refractivity contribution in [3.8, 4) is 11.5 Å². The fourth-order valence-electron chi connectivity index (χ4n) is 4.33. The third kappa shape index (κ3) is 5.92. The summed E-state index contributed by atoms with van der Waals surface area (Å²) < 4.78 is 61.1. The van der Waals surface area contributed by atoms with E-state index in [1.54, 1.807) is 11.6 Å². The number of hydrogen-bond donors (Lipinski definition) is 0. The minimum Gasteiger partial charge on any atom is -0.360 e. The van der Waals surface area contributed by atoms with Crippen LogP contribution in [-0.4, -0.2) is 51.8 Å². The molecule has 3 aromatic rings. The van der Waals surface area contributed by atoms with E-state index in [-0.39, 0.29) is 24.7 Å². The first-order valence-electron chi connectivity index (χ1n) is 12.1. The zero-order chi connectivity index (χ0) is 27.8. The lowest BCUT2D eigenvalue weighted by atomic mass is 9.97. The minimum absolute atomic E-state index is 0.105. The maximum atomic E-state index is 13.5. The zero-order valence-electron chi connectivity index (χ0n) is 21.4. The minimum atomic E-state index is -4.69. The Labute approximate surface area is 223 Å². The van der Waals surface area contributed by atoms with Crippen LogP contribution < -0.4 is 0 Å². The second-order valence-electron chi connectivity index (χ2n) is 10.4. The Balaban J connectivity index is 1.67. The average molecular weight is 570 g/mol. The molecule has 1 amide bonds. The van der Waals surface area contributed by atoms with Gasteiger partial charge in [-0.15, -0.1) is 0 Å². The third-order valence-corrected chi connectivity index (χ3v) is 8.50. The molecule has 13 heteroatoms. The highest BCUT2D eigenvalue weighted by Gasteiger charge is 2.38. The average Bonchev–Trinajstić information content (AvgIpc) is 3.20. The van der Waals surface area contributed by atoms with Crippen molar-refractivity contribution >= 4 is 25.6 Å². The van der Waals surface area contributed by atoms with Gasteiger partial charge in [0.1, 0.15) is 12.4 Å². The highest BCUT2D eigenvalue weighted by molar-refractivity contribution is 6.76. The van der Waals surface area contributed by atoms with Crippen molar-refractivity contribution < 1.29 is 27.1 Å². The van der Waals surface area contributed by atoms with Gasteiger partial charge < -0.3 is 9.64 Å². The first-order valence-corrected chi connectivity index (χ1v) is 16.2. The number of ether oxygens (including phenoxy) is 1. The SMILES string of the molecule is CC1c2nn(COCC[Si](C)(C)C)c(-c3ncc(F)cn3)c2CCN1C(=O)c1cccc(C(F)(F)F)c1Cl. The predicted octanol–water partition coefficient (Wildman–Crippen LogP) is 6.22. The molecule has 0 fully saturated rings. The molecule has 204 valence electrons. The highest BCUT2D eigenvalue weighted by Crippen LogP contribution is 2.39. The Kier molecular flexibility index (Phi) is 7.96. The Bertz CT molecular complexity index is 1330. The number of carbonyl (C=O) groups is 1. The molecule has 4 rings (SSSR count). The molecule has 1 unspecified atom stereocenters. The summed E-state index contributed by atoms with van der Waals surface area (Å²) in [5.41, 5.74) is 0.587. The van der Waals surface area contributed by atoms with Crippen LogP contribution in [0.15, 0.2) is 30.6 Å². The smallest absolute Gasteiger partial charge is 0.360 e. The fourth-order valence-corrected chi connectivity index (χ4v) is 5.40. The van der Waals surface area contributed by atoms with Crippen molar-refractivity contribution in [3.63, 3.8) is 0 Å². The number of alkyl halides is 3. The molecule has 38 heavy (non-hydrogen) atoms. The normalized spacial score (nSPS) is 16.0. The van der Waals surface area contributed by atoms with Crippen LogP contribution >= 0.6 is 11.6 Å². The molecule has 3 heterocycles. The molecule has 0 radical (unpaired) electrons. The van der Waals surface area contributed by atoms with E-state index in [0.717, 1.165) is 30.1 Å². The Morgan fingerprint density at radius 3 is 2.53 bits per heavy atom. The summed E-state index contributed by atoms with van der Waals surface area (Å²) in [6.45, 7) is 9.32. The molecule has 0 aliphatic carbocycles. The van der Waals surface area contributed by atoms with Crippen LogP contribution in [0.4, 0.5) is 17.6 Å². The number of amides is 1. The van der Waals surface area contributed by atoms with E-state index in [9.17, 15) is 22.4 Å². The van der Waals surface area contributed by atoms with Crippen molar-refractivity contribution in [2.24, 2.45) is 0 Å². The topological polar surface area (TPSA) is 73.1 Å². The Morgan fingerprint density at radius 2 is 1.89 bits per heavy atom. The number of carbonyl (C=O) groups excluding carboxylic acids is 1. The van der Waals surface area contributed by atoms with Gasteiger partial charge in [-0.25, -0.2) is 19.0 Å². The van der Waals surface area contributed by atoms with Gasteiger partial charge in [0.15, 0.2) is 11.6 Å². The number of halogens is 5. The van der Waals surface area contributed by atoms with E-state index in [1.807, 2.05) is 0 Å². The lowest BCUT2D eigenvalue weighted by Gasteiger charge is -2.33. The largest absolute Gasteiger partial charge is 0.417 e. The number of fused-ring (bicyclic) bond motifs is 1. The second-order valence-corrected chi connectivity index (χ2v) is 16.4. The summed E-state index contributed by atoms with van der Waals surface area (Å²) in [6.07, 6.45) is -2.22. The van der Waals surface area contributed by atoms with E-state index in [2.05, 4.69) is 29.6 Å².